The van der Waals surface area contributed by atoms with Crippen LogP contribution in [0.4, 0.5) is 10.5 Å². The average Bonchev–Trinajstić information content (AvgIpc) is 2.85. The molecule has 2 aromatic rings. The van der Waals surface area contributed by atoms with Gasteiger partial charge in [-0.1, -0.05) is 36.4 Å². The first-order valence-electron chi connectivity index (χ1n) is 12.5. The van der Waals surface area contributed by atoms with Crippen LogP contribution < -0.4 is 21.3 Å². The standard InChI is InChI=1S/C28H36N4O5/c1-18-8-7-9-20(16-18)31-27(36)30-17-23(33)32-24(26(35)37-28(2,3)4)21-10-5-6-11-22(21)25(34)19-12-14-29-15-13-19/h5-11,16,19,24,29H,12-15,17H2,1-4H3,(H,32,33)(H2,30,31,36). The summed E-state index contributed by atoms with van der Waals surface area (Å²) in [7, 11) is 0. The molecule has 1 atom stereocenters. The number of hydrogen-bond donors (Lipinski definition) is 4. The van der Waals surface area contributed by atoms with Gasteiger partial charge in [0.25, 0.3) is 0 Å². The summed E-state index contributed by atoms with van der Waals surface area (Å²) in [6.45, 7) is 8.22. The number of aryl methyl sites for hydroxylation is 1. The molecule has 2 aromatic carbocycles. The van der Waals surface area contributed by atoms with Crippen molar-refractivity contribution in [3.05, 3.63) is 65.2 Å². The predicted octanol–water partition coefficient (Wildman–Crippen LogP) is 3.50. The monoisotopic (exact) mass is 508 g/mol. The molecule has 3 rings (SSSR count). The lowest BCUT2D eigenvalue weighted by Gasteiger charge is -2.27. The van der Waals surface area contributed by atoms with Crippen molar-refractivity contribution in [3.8, 4) is 0 Å². The van der Waals surface area contributed by atoms with Crippen LogP contribution in [0, 0.1) is 12.8 Å². The first-order valence-corrected chi connectivity index (χ1v) is 12.5. The third-order valence-corrected chi connectivity index (χ3v) is 5.88. The van der Waals surface area contributed by atoms with E-state index in [0.717, 1.165) is 18.7 Å². The Balaban J connectivity index is 1.75. The van der Waals surface area contributed by atoms with Gasteiger partial charge in [0.2, 0.25) is 5.91 Å². The van der Waals surface area contributed by atoms with E-state index in [-0.39, 0.29) is 18.2 Å². The number of ether oxygens (including phenoxy) is 1. The minimum atomic E-state index is -1.21. The molecule has 37 heavy (non-hydrogen) atoms. The highest BCUT2D eigenvalue weighted by Crippen LogP contribution is 2.27. The Hall–Kier alpha value is -3.72. The van der Waals surface area contributed by atoms with Crippen LogP contribution in [-0.2, 0) is 14.3 Å². The van der Waals surface area contributed by atoms with Crippen LogP contribution in [0.15, 0.2) is 48.5 Å². The summed E-state index contributed by atoms with van der Waals surface area (Å²) in [4.78, 5) is 51.7. The molecule has 4 N–H and O–H groups in total. The van der Waals surface area contributed by atoms with E-state index in [9.17, 15) is 19.2 Å². The molecule has 1 aliphatic heterocycles. The average molecular weight is 509 g/mol. The number of Topliss-reactive ketones (excluding diaryl/α,β-unsaturated/α-hetero) is 1. The molecule has 1 unspecified atom stereocenters. The summed E-state index contributed by atoms with van der Waals surface area (Å²) >= 11 is 0. The number of esters is 1. The van der Waals surface area contributed by atoms with E-state index >= 15 is 0 Å². The van der Waals surface area contributed by atoms with Crippen molar-refractivity contribution in [1.82, 2.24) is 16.0 Å². The largest absolute Gasteiger partial charge is 0.458 e. The smallest absolute Gasteiger partial charge is 0.333 e. The Bertz CT molecular complexity index is 1140. The van der Waals surface area contributed by atoms with E-state index in [1.54, 1.807) is 57.2 Å². The molecule has 1 heterocycles. The van der Waals surface area contributed by atoms with Crippen molar-refractivity contribution in [2.24, 2.45) is 5.92 Å². The molecule has 1 aliphatic rings. The second-order valence-corrected chi connectivity index (χ2v) is 10.2. The molecule has 0 bridgehead atoms. The van der Waals surface area contributed by atoms with Crippen molar-refractivity contribution in [2.75, 3.05) is 25.0 Å². The number of amides is 3. The number of ketones is 1. The van der Waals surface area contributed by atoms with E-state index < -0.39 is 29.6 Å². The predicted molar refractivity (Wildman–Crippen MR) is 141 cm³/mol. The zero-order valence-electron chi connectivity index (χ0n) is 21.9. The molecule has 198 valence electrons. The van der Waals surface area contributed by atoms with Gasteiger partial charge in [0.05, 0.1) is 6.54 Å². The van der Waals surface area contributed by atoms with Crippen molar-refractivity contribution < 1.29 is 23.9 Å². The van der Waals surface area contributed by atoms with Gasteiger partial charge in [-0.25, -0.2) is 9.59 Å². The van der Waals surface area contributed by atoms with Crippen LogP contribution in [0.25, 0.3) is 0 Å². The van der Waals surface area contributed by atoms with Gasteiger partial charge in [-0.2, -0.15) is 0 Å². The lowest BCUT2D eigenvalue weighted by Crippen LogP contribution is -2.44. The molecule has 3 amide bonds. The molecular formula is C28H36N4O5. The maximum absolute atomic E-state index is 13.4. The Kier molecular flexibility index (Phi) is 9.41. The molecule has 0 saturated carbocycles. The highest BCUT2D eigenvalue weighted by atomic mass is 16.6. The van der Waals surface area contributed by atoms with E-state index in [0.29, 0.717) is 29.7 Å². The van der Waals surface area contributed by atoms with Crippen LogP contribution in [0.3, 0.4) is 0 Å². The molecule has 0 aliphatic carbocycles. The zero-order valence-corrected chi connectivity index (χ0v) is 21.9. The third kappa shape index (κ3) is 8.42. The van der Waals surface area contributed by atoms with Crippen molar-refractivity contribution >= 4 is 29.4 Å². The Morgan fingerprint density at radius 1 is 1.03 bits per heavy atom. The summed E-state index contributed by atoms with van der Waals surface area (Å²) < 4.78 is 5.58. The normalized spacial score (nSPS) is 14.8. The van der Waals surface area contributed by atoms with Gasteiger partial charge in [-0.3, -0.25) is 9.59 Å². The number of hydrogen-bond acceptors (Lipinski definition) is 6. The summed E-state index contributed by atoms with van der Waals surface area (Å²) in [5, 5.41) is 11.1. The molecule has 1 fully saturated rings. The number of anilines is 1. The number of carbonyl (C=O) groups excluding carboxylic acids is 4. The lowest BCUT2D eigenvalue weighted by molar-refractivity contribution is -0.158. The van der Waals surface area contributed by atoms with E-state index in [2.05, 4.69) is 21.3 Å². The van der Waals surface area contributed by atoms with Crippen LogP contribution in [0.5, 0.6) is 0 Å². The molecule has 0 aromatic heterocycles. The van der Waals surface area contributed by atoms with Gasteiger partial charge in [0, 0.05) is 17.2 Å². The molecule has 1 saturated heterocycles. The SMILES string of the molecule is Cc1cccc(NC(=O)NCC(=O)NC(C(=O)OC(C)(C)C)c2ccccc2C(=O)C2CCNCC2)c1. The third-order valence-electron chi connectivity index (χ3n) is 5.88. The number of carbonyl (C=O) groups is 4. The highest BCUT2D eigenvalue weighted by Gasteiger charge is 2.33. The Morgan fingerprint density at radius 2 is 1.73 bits per heavy atom. The van der Waals surface area contributed by atoms with Gasteiger partial charge < -0.3 is 26.0 Å². The first kappa shape index (κ1) is 27.9. The molecular weight excluding hydrogens is 472 g/mol. The summed E-state index contributed by atoms with van der Waals surface area (Å²) in [5.74, 6) is -1.50. The maximum atomic E-state index is 13.4. The van der Waals surface area contributed by atoms with Crippen molar-refractivity contribution in [2.45, 2.75) is 52.2 Å². The topological polar surface area (TPSA) is 126 Å². The van der Waals surface area contributed by atoms with Gasteiger partial charge in [0.15, 0.2) is 11.8 Å². The van der Waals surface area contributed by atoms with Crippen LogP contribution in [0.2, 0.25) is 0 Å². The minimum absolute atomic E-state index is 0.0597. The lowest BCUT2D eigenvalue weighted by atomic mass is 9.86. The van der Waals surface area contributed by atoms with Gasteiger partial charge >= 0.3 is 12.0 Å². The van der Waals surface area contributed by atoms with Crippen LogP contribution >= 0.6 is 0 Å². The Morgan fingerprint density at radius 3 is 2.41 bits per heavy atom. The number of benzene rings is 2. The fraction of sp³-hybridized carbons (Fsp3) is 0.429. The quantitative estimate of drug-likeness (QED) is 0.319. The number of rotatable bonds is 8. The molecule has 0 spiro atoms. The maximum Gasteiger partial charge on any atom is 0.333 e. The molecule has 0 radical (unpaired) electrons. The fourth-order valence-electron chi connectivity index (χ4n) is 4.17. The summed E-state index contributed by atoms with van der Waals surface area (Å²) in [6, 6.07) is 12.3. The fourth-order valence-corrected chi connectivity index (χ4v) is 4.17. The van der Waals surface area contributed by atoms with Crippen molar-refractivity contribution in [3.63, 3.8) is 0 Å². The number of nitrogens with one attached hydrogen (secondary N) is 4. The first-order chi connectivity index (χ1) is 17.5. The minimum Gasteiger partial charge on any atom is -0.458 e. The van der Waals surface area contributed by atoms with E-state index in [1.807, 2.05) is 19.1 Å². The highest BCUT2D eigenvalue weighted by molar-refractivity contribution is 6.01. The zero-order chi connectivity index (χ0) is 27.0. The number of piperidine rings is 1. The molecule has 9 heteroatoms. The summed E-state index contributed by atoms with van der Waals surface area (Å²) in [6.07, 6.45) is 1.41. The van der Waals surface area contributed by atoms with Gasteiger partial charge in [0.1, 0.15) is 5.60 Å². The van der Waals surface area contributed by atoms with E-state index in [1.165, 1.54) is 0 Å². The van der Waals surface area contributed by atoms with Gasteiger partial charge in [-0.15, -0.1) is 0 Å². The van der Waals surface area contributed by atoms with E-state index in [4.69, 9.17) is 4.74 Å². The number of urea groups is 1. The second-order valence-electron chi connectivity index (χ2n) is 10.2. The Labute approximate surface area is 217 Å². The van der Waals surface area contributed by atoms with Crippen LogP contribution in [0.1, 0.15) is 61.1 Å². The van der Waals surface area contributed by atoms with Crippen molar-refractivity contribution in [1.29, 1.82) is 0 Å². The summed E-state index contributed by atoms with van der Waals surface area (Å²) in [5.41, 5.74) is 1.52. The molecule has 9 nitrogen and oxygen atoms in total. The van der Waals surface area contributed by atoms with Gasteiger partial charge in [-0.05, 0) is 76.9 Å². The van der Waals surface area contributed by atoms with Crippen LogP contribution in [-0.4, -0.2) is 48.9 Å². The second kappa shape index (κ2) is 12.5.